The van der Waals surface area contributed by atoms with Crippen molar-refractivity contribution in [3.63, 3.8) is 0 Å². The summed E-state index contributed by atoms with van der Waals surface area (Å²) < 4.78 is 1.97. The van der Waals surface area contributed by atoms with Gasteiger partial charge < -0.3 is 9.88 Å². The molecule has 5 nitrogen and oxygen atoms in total. The Bertz CT molecular complexity index is 932. The molecule has 0 spiro atoms. The minimum absolute atomic E-state index is 0.625. The van der Waals surface area contributed by atoms with Crippen molar-refractivity contribution in [1.29, 1.82) is 0 Å². The summed E-state index contributed by atoms with van der Waals surface area (Å²) in [5.41, 5.74) is 4.20. The fourth-order valence-electron chi connectivity index (χ4n) is 2.60. The van der Waals surface area contributed by atoms with E-state index in [2.05, 4.69) is 56.7 Å². The van der Waals surface area contributed by atoms with Gasteiger partial charge in [0.2, 0.25) is 5.95 Å². The first kappa shape index (κ1) is 15.1. The van der Waals surface area contributed by atoms with E-state index in [0.717, 1.165) is 16.9 Å². The maximum atomic E-state index is 4.61. The van der Waals surface area contributed by atoms with Crippen LogP contribution in [0.5, 0.6) is 0 Å². The van der Waals surface area contributed by atoms with Gasteiger partial charge in [-0.3, -0.25) is 0 Å². The van der Waals surface area contributed by atoms with E-state index in [9.17, 15) is 0 Å². The van der Waals surface area contributed by atoms with Gasteiger partial charge in [0.25, 0.3) is 0 Å². The zero-order valence-electron chi connectivity index (χ0n) is 13.6. The van der Waals surface area contributed by atoms with Gasteiger partial charge in [-0.05, 0) is 23.8 Å². The predicted octanol–water partition coefficient (Wildman–Crippen LogP) is 3.94. The summed E-state index contributed by atoms with van der Waals surface area (Å²) in [7, 11) is 0. The number of imidazole rings is 1. The summed E-state index contributed by atoms with van der Waals surface area (Å²) >= 11 is 0. The highest BCUT2D eigenvalue weighted by molar-refractivity contribution is 5.61. The van der Waals surface area contributed by atoms with Crippen molar-refractivity contribution in [2.45, 2.75) is 6.54 Å². The smallest absolute Gasteiger partial charge is 0.223 e. The number of nitrogens with one attached hydrogen (secondary N) is 1. The molecule has 4 aromatic rings. The summed E-state index contributed by atoms with van der Waals surface area (Å²) in [5, 5.41) is 3.27. The Balaban J connectivity index is 1.51. The predicted molar refractivity (Wildman–Crippen MR) is 98.4 cm³/mol. The lowest BCUT2D eigenvalue weighted by molar-refractivity contribution is 1.05. The summed E-state index contributed by atoms with van der Waals surface area (Å²) in [5.74, 6) is 0.625. The number of anilines is 1. The van der Waals surface area contributed by atoms with Gasteiger partial charge in [0, 0.05) is 36.4 Å². The average Bonchev–Trinajstić information content (AvgIpc) is 3.22. The highest BCUT2D eigenvalue weighted by Crippen LogP contribution is 2.20. The molecule has 4 rings (SSSR count). The Labute approximate surface area is 146 Å². The van der Waals surface area contributed by atoms with Crippen molar-refractivity contribution in [2.75, 3.05) is 5.32 Å². The van der Waals surface area contributed by atoms with Gasteiger partial charge in [0.15, 0.2) is 0 Å². The van der Waals surface area contributed by atoms with Crippen LogP contribution >= 0.6 is 0 Å². The molecular weight excluding hydrogens is 310 g/mol. The van der Waals surface area contributed by atoms with Crippen LogP contribution in [0, 0.1) is 0 Å². The molecule has 0 aliphatic carbocycles. The second-order valence-corrected chi connectivity index (χ2v) is 5.62. The van der Waals surface area contributed by atoms with Gasteiger partial charge >= 0.3 is 0 Å². The average molecular weight is 327 g/mol. The van der Waals surface area contributed by atoms with Gasteiger partial charge in [-0.25, -0.2) is 15.0 Å². The van der Waals surface area contributed by atoms with Gasteiger partial charge in [0.05, 0.1) is 12.0 Å². The topological polar surface area (TPSA) is 55.6 Å². The van der Waals surface area contributed by atoms with Gasteiger partial charge in [-0.2, -0.15) is 0 Å². The molecule has 1 N–H and O–H groups in total. The van der Waals surface area contributed by atoms with Crippen LogP contribution < -0.4 is 5.32 Å². The molecule has 0 unspecified atom stereocenters. The van der Waals surface area contributed by atoms with Crippen LogP contribution in [0.25, 0.3) is 16.9 Å². The molecule has 2 aromatic carbocycles. The Morgan fingerprint density at radius 3 is 2.48 bits per heavy atom. The number of rotatable bonds is 5. The van der Waals surface area contributed by atoms with Crippen LogP contribution in [0.1, 0.15) is 5.56 Å². The fraction of sp³-hybridized carbons (Fsp3) is 0.0500. The summed E-state index contributed by atoms with van der Waals surface area (Å²) in [6.45, 7) is 0.698. The zero-order valence-corrected chi connectivity index (χ0v) is 13.6. The normalized spacial score (nSPS) is 10.6. The molecule has 122 valence electrons. The molecule has 0 radical (unpaired) electrons. The lowest BCUT2D eigenvalue weighted by atomic mass is 10.1. The fourth-order valence-corrected chi connectivity index (χ4v) is 2.60. The standard InChI is InChI=1S/C20H17N5/c1-2-4-16(5-3-1)14-23-20-22-11-10-19(24-20)17-6-8-18(9-7-17)25-13-12-21-15-25/h1-13,15H,14H2,(H,22,23,24). The molecule has 0 saturated carbocycles. The summed E-state index contributed by atoms with van der Waals surface area (Å²) in [6, 6.07) is 20.3. The maximum Gasteiger partial charge on any atom is 0.223 e. The van der Waals surface area contributed by atoms with Crippen molar-refractivity contribution in [3.05, 3.63) is 91.1 Å². The van der Waals surface area contributed by atoms with Crippen LogP contribution in [-0.4, -0.2) is 19.5 Å². The summed E-state index contributed by atoms with van der Waals surface area (Å²) in [6.07, 6.45) is 7.25. The Kier molecular flexibility index (Phi) is 4.20. The number of aromatic nitrogens is 4. The molecule has 0 bridgehead atoms. The Hall–Kier alpha value is -3.47. The molecule has 0 aliphatic rings. The quantitative estimate of drug-likeness (QED) is 0.603. The monoisotopic (exact) mass is 327 g/mol. The van der Waals surface area contributed by atoms with Crippen molar-refractivity contribution in [1.82, 2.24) is 19.5 Å². The first-order chi connectivity index (χ1) is 12.4. The van der Waals surface area contributed by atoms with Crippen molar-refractivity contribution in [2.24, 2.45) is 0 Å². The third-order valence-corrected chi connectivity index (χ3v) is 3.91. The molecule has 0 atom stereocenters. The van der Waals surface area contributed by atoms with Crippen molar-refractivity contribution < 1.29 is 0 Å². The Morgan fingerprint density at radius 2 is 1.72 bits per heavy atom. The van der Waals surface area contributed by atoms with Crippen molar-refractivity contribution >= 4 is 5.95 Å². The van der Waals surface area contributed by atoms with Crippen LogP contribution in [0.3, 0.4) is 0 Å². The zero-order chi connectivity index (χ0) is 16.9. The molecule has 0 amide bonds. The molecular formula is C20H17N5. The van der Waals surface area contributed by atoms with E-state index in [0.29, 0.717) is 12.5 Å². The lowest BCUT2D eigenvalue weighted by Gasteiger charge is -2.08. The van der Waals surface area contributed by atoms with Crippen molar-refractivity contribution in [3.8, 4) is 16.9 Å². The Morgan fingerprint density at radius 1 is 0.880 bits per heavy atom. The largest absolute Gasteiger partial charge is 0.350 e. The number of nitrogens with zero attached hydrogens (tertiary/aromatic N) is 4. The number of benzene rings is 2. The molecule has 25 heavy (non-hydrogen) atoms. The van der Waals surface area contributed by atoms with Gasteiger partial charge in [-0.1, -0.05) is 42.5 Å². The van der Waals surface area contributed by atoms with Crippen LogP contribution in [-0.2, 0) is 6.54 Å². The molecule has 2 heterocycles. The second-order valence-electron chi connectivity index (χ2n) is 5.62. The molecule has 0 aliphatic heterocycles. The first-order valence-corrected chi connectivity index (χ1v) is 8.08. The van der Waals surface area contributed by atoms with Gasteiger partial charge in [-0.15, -0.1) is 0 Å². The van der Waals surface area contributed by atoms with E-state index in [1.54, 1.807) is 18.7 Å². The van der Waals surface area contributed by atoms with E-state index >= 15 is 0 Å². The van der Waals surface area contributed by atoms with Crippen LogP contribution in [0.4, 0.5) is 5.95 Å². The third kappa shape index (κ3) is 3.55. The number of hydrogen-bond donors (Lipinski definition) is 1. The lowest BCUT2D eigenvalue weighted by Crippen LogP contribution is -2.03. The molecule has 2 aromatic heterocycles. The van der Waals surface area contributed by atoms with Crippen LogP contribution in [0.15, 0.2) is 85.6 Å². The maximum absolute atomic E-state index is 4.61. The van der Waals surface area contributed by atoms with E-state index in [4.69, 9.17) is 0 Å². The highest BCUT2D eigenvalue weighted by Gasteiger charge is 2.03. The minimum atomic E-state index is 0.625. The first-order valence-electron chi connectivity index (χ1n) is 8.08. The van der Waals surface area contributed by atoms with E-state index < -0.39 is 0 Å². The molecule has 0 fully saturated rings. The van der Waals surface area contributed by atoms with Gasteiger partial charge in [0.1, 0.15) is 0 Å². The molecule has 5 heteroatoms. The highest BCUT2D eigenvalue weighted by atomic mass is 15.1. The summed E-state index contributed by atoms with van der Waals surface area (Å²) in [4.78, 5) is 13.0. The van der Waals surface area contributed by atoms with E-state index in [1.807, 2.05) is 35.0 Å². The third-order valence-electron chi connectivity index (χ3n) is 3.91. The molecule has 0 saturated heterocycles. The minimum Gasteiger partial charge on any atom is -0.350 e. The van der Waals surface area contributed by atoms with E-state index in [-0.39, 0.29) is 0 Å². The van der Waals surface area contributed by atoms with Crippen LogP contribution in [0.2, 0.25) is 0 Å². The number of hydrogen-bond acceptors (Lipinski definition) is 4. The SMILES string of the molecule is c1ccc(CNc2nccc(-c3ccc(-n4ccnc4)cc3)n2)cc1. The second kappa shape index (κ2) is 6.97. The van der Waals surface area contributed by atoms with E-state index in [1.165, 1.54) is 5.56 Å².